The lowest BCUT2D eigenvalue weighted by Gasteiger charge is -2.14. The van der Waals surface area contributed by atoms with Gasteiger partial charge in [-0.15, -0.1) is 0 Å². The molecule has 0 spiro atoms. The fraction of sp³-hybridized carbons (Fsp3) is 0.105. The van der Waals surface area contributed by atoms with Crippen molar-refractivity contribution in [1.82, 2.24) is 0 Å². The van der Waals surface area contributed by atoms with Crippen molar-refractivity contribution >= 4 is 11.6 Å². The molecule has 90 valence electrons. The molecular formula is C19H15+. The third-order valence-electron chi connectivity index (χ3n) is 4.16. The lowest BCUT2D eigenvalue weighted by atomic mass is 9.85. The molecule has 0 aromatic heterocycles. The molecule has 0 aliphatic heterocycles. The van der Waals surface area contributed by atoms with E-state index in [4.69, 9.17) is 0 Å². The predicted molar refractivity (Wildman–Crippen MR) is 80.1 cm³/mol. The molecule has 0 unspecified atom stereocenters. The van der Waals surface area contributed by atoms with Gasteiger partial charge in [0.1, 0.15) is 5.56 Å². The highest BCUT2D eigenvalue weighted by atomic mass is 14.2. The second-order valence-corrected chi connectivity index (χ2v) is 5.32. The zero-order valence-electron chi connectivity index (χ0n) is 11.0. The van der Waals surface area contributed by atoms with Crippen LogP contribution in [0.1, 0.15) is 29.2 Å². The first-order chi connectivity index (χ1) is 9.33. The molecule has 0 nitrogen and oxygen atoms in total. The molecular weight excluding hydrogens is 228 g/mol. The Morgan fingerprint density at radius 2 is 1.95 bits per heavy atom. The first-order valence-electron chi connectivity index (χ1n) is 6.77. The summed E-state index contributed by atoms with van der Waals surface area (Å²) in [4.78, 5) is 0. The van der Waals surface area contributed by atoms with Crippen LogP contribution in [0.15, 0.2) is 48.6 Å². The van der Waals surface area contributed by atoms with Crippen LogP contribution in [0.3, 0.4) is 0 Å². The molecule has 0 bridgehead atoms. The first-order valence-corrected chi connectivity index (χ1v) is 6.77. The van der Waals surface area contributed by atoms with E-state index in [0.717, 1.165) is 6.42 Å². The Balaban J connectivity index is 2.07. The molecule has 0 saturated carbocycles. The van der Waals surface area contributed by atoms with Gasteiger partial charge in [-0.1, -0.05) is 24.3 Å². The van der Waals surface area contributed by atoms with Crippen molar-refractivity contribution < 1.29 is 0 Å². The zero-order chi connectivity index (χ0) is 12.8. The highest BCUT2D eigenvalue weighted by Gasteiger charge is 2.20. The molecule has 0 saturated heterocycles. The van der Waals surface area contributed by atoms with Crippen LogP contribution in [-0.4, -0.2) is 0 Å². The number of fused-ring (bicyclic) bond motifs is 4. The van der Waals surface area contributed by atoms with Crippen LogP contribution >= 0.6 is 0 Å². The van der Waals surface area contributed by atoms with Crippen molar-refractivity contribution in [1.29, 1.82) is 0 Å². The van der Waals surface area contributed by atoms with Gasteiger partial charge in [0.15, 0.2) is 0 Å². The molecule has 0 amide bonds. The molecule has 0 atom stereocenters. The van der Waals surface area contributed by atoms with Gasteiger partial charge in [0.05, 0.1) is 5.22 Å². The van der Waals surface area contributed by atoms with E-state index in [0.29, 0.717) is 0 Å². The van der Waals surface area contributed by atoms with Gasteiger partial charge in [0.25, 0.3) is 0 Å². The number of allylic oxidation sites excluding steroid dienone is 2. The molecule has 0 heteroatoms. The van der Waals surface area contributed by atoms with Crippen molar-refractivity contribution in [3.8, 4) is 0 Å². The predicted octanol–water partition coefficient (Wildman–Crippen LogP) is 2.71. The second-order valence-electron chi connectivity index (χ2n) is 5.32. The average Bonchev–Trinajstić information content (AvgIpc) is 2.45. The van der Waals surface area contributed by atoms with Crippen LogP contribution in [0.2, 0.25) is 0 Å². The lowest BCUT2D eigenvalue weighted by Crippen LogP contribution is -2.26. The first kappa shape index (κ1) is 10.7. The summed E-state index contributed by atoms with van der Waals surface area (Å²) in [5.41, 5.74) is 7.04. The molecule has 2 aliphatic carbocycles. The van der Waals surface area contributed by atoms with Gasteiger partial charge >= 0.3 is 0 Å². The topological polar surface area (TPSA) is 0 Å². The third-order valence-corrected chi connectivity index (χ3v) is 4.16. The van der Waals surface area contributed by atoms with Gasteiger partial charge in [0.2, 0.25) is 0 Å². The van der Waals surface area contributed by atoms with E-state index in [1.54, 1.807) is 0 Å². The smallest absolute Gasteiger partial charge is 0.0619 e. The van der Waals surface area contributed by atoms with E-state index in [2.05, 4.69) is 68.0 Å². The van der Waals surface area contributed by atoms with Crippen LogP contribution in [0.5, 0.6) is 0 Å². The minimum absolute atomic E-state index is 1.04. The number of hydrogen-bond donors (Lipinski definition) is 0. The van der Waals surface area contributed by atoms with Gasteiger partial charge in [0, 0.05) is 41.3 Å². The average molecular weight is 243 g/mol. The molecule has 0 heterocycles. The lowest BCUT2D eigenvalue weighted by molar-refractivity contribution is 1.11. The highest BCUT2D eigenvalue weighted by Crippen LogP contribution is 2.21. The fourth-order valence-corrected chi connectivity index (χ4v) is 3.12. The summed E-state index contributed by atoms with van der Waals surface area (Å²) in [7, 11) is 0. The molecule has 0 N–H and O–H groups in total. The summed E-state index contributed by atoms with van der Waals surface area (Å²) in [5.74, 6) is 0. The Hall–Kier alpha value is -2.21. The minimum atomic E-state index is 1.04. The highest BCUT2D eigenvalue weighted by molar-refractivity contribution is 5.66. The normalized spacial score (nSPS) is 14.9. The van der Waals surface area contributed by atoms with Gasteiger partial charge in [-0.2, -0.15) is 0 Å². The fourth-order valence-electron chi connectivity index (χ4n) is 3.12. The van der Waals surface area contributed by atoms with Crippen LogP contribution in [-0.2, 0) is 6.42 Å². The van der Waals surface area contributed by atoms with Crippen molar-refractivity contribution in [2.45, 2.75) is 13.3 Å². The summed E-state index contributed by atoms with van der Waals surface area (Å²) >= 11 is 0. The summed E-state index contributed by atoms with van der Waals surface area (Å²) < 4.78 is 0. The molecule has 2 aromatic rings. The maximum absolute atomic E-state index is 2.32. The molecule has 2 aromatic carbocycles. The largest absolute Gasteiger partial charge is 0.108 e. The summed E-state index contributed by atoms with van der Waals surface area (Å²) in [6, 6.07) is 13.2. The quantitative estimate of drug-likeness (QED) is 0.533. The van der Waals surface area contributed by atoms with Gasteiger partial charge in [-0.3, -0.25) is 0 Å². The Bertz CT molecular complexity index is 820. The Kier molecular flexibility index (Phi) is 2.19. The summed E-state index contributed by atoms with van der Waals surface area (Å²) in [6.07, 6.45) is 9.97. The van der Waals surface area contributed by atoms with Gasteiger partial charge in [-0.05, 0) is 36.3 Å². The van der Waals surface area contributed by atoms with Crippen molar-refractivity contribution in [2.75, 3.05) is 0 Å². The van der Waals surface area contributed by atoms with E-state index in [1.165, 1.54) is 38.3 Å². The summed E-state index contributed by atoms with van der Waals surface area (Å²) in [6.45, 7) is 2.19. The summed E-state index contributed by atoms with van der Waals surface area (Å²) in [5, 5.41) is 2.76. The second kappa shape index (κ2) is 3.89. The minimum Gasteiger partial charge on any atom is -0.0619 e. The monoisotopic (exact) mass is 243 g/mol. The SMILES string of the molecule is CC1=c2ccc3c(c2[CH+]C=C1)Cc1ccccc1C=3. The molecule has 19 heavy (non-hydrogen) atoms. The van der Waals surface area contributed by atoms with Crippen molar-refractivity contribution in [3.63, 3.8) is 0 Å². The van der Waals surface area contributed by atoms with E-state index >= 15 is 0 Å². The standard InChI is InChI=1S/C19H15/c1-13-5-4-8-18-17(13)10-9-16-11-14-6-2-3-7-15(14)12-19(16)18/h2-11H,12H2,1H3/q+1. The van der Waals surface area contributed by atoms with Crippen molar-refractivity contribution in [2.24, 2.45) is 0 Å². The number of hydrogen-bond acceptors (Lipinski definition) is 0. The van der Waals surface area contributed by atoms with E-state index in [-0.39, 0.29) is 0 Å². The molecule has 0 radical (unpaired) electrons. The molecule has 0 fully saturated rings. The van der Waals surface area contributed by atoms with Crippen molar-refractivity contribution in [3.05, 3.63) is 87.7 Å². The molecule has 4 rings (SSSR count). The van der Waals surface area contributed by atoms with E-state index in [1.807, 2.05) is 0 Å². The van der Waals surface area contributed by atoms with Crippen LogP contribution in [0.4, 0.5) is 0 Å². The van der Waals surface area contributed by atoms with Crippen LogP contribution < -0.4 is 10.4 Å². The Morgan fingerprint density at radius 1 is 1.05 bits per heavy atom. The maximum Gasteiger partial charge on any atom is 0.108 e. The Labute approximate surface area is 113 Å². The number of benzene rings is 2. The molecule has 2 aliphatic rings. The van der Waals surface area contributed by atoms with E-state index < -0.39 is 0 Å². The number of rotatable bonds is 0. The third kappa shape index (κ3) is 1.57. The van der Waals surface area contributed by atoms with Crippen LogP contribution in [0, 0.1) is 6.42 Å². The van der Waals surface area contributed by atoms with E-state index in [9.17, 15) is 0 Å². The van der Waals surface area contributed by atoms with Gasteiger partial charge in [-0.25, -0.2) is 0 Å². The Morgan fingerprint density at radius 3 is 2.89 bits per heavy atom. The maximum atomic E-state index is 2.32. The van der Waals surface area contributed by atoms with Gasteiger partial charge < -0.3 is 0 Å². The zero-order valence-corrected chi connectivity index (χ0v) is 11.0. The van der Waals surface area contributed by atoms with Crippen LogP contribution in [0.25, 0.3) is 11.6 Å².